The maximum atomic E-state index is 5.30. The number of hydrogen-bond acceptors (Lipinski definition) is 2. The third-order valence-electron chi connectivity index (χ3n) is 3.07. The zero-order chi connectivity index (χ0) is 13.0. The first-order chi connectivity index (χ1) is 8.65. The van der Waals surface area contributed by atoms with Gasteiger partial charge < -0.3 is 15.1 Å². The van der Waals surface area contributed by atoms with Crippen molar-refractivity contribution in [3.63, 3.8) is 0 Å². The quantitative estimate of drug-likeness (QED) is 0.621. The normalized spacial score (nSPS) is 23.2. The summed E-state index contributed by atoms with van der Waals surface area (Å²) in [5.74, 6) is 2.68. The van der Waals surface area contributed by atoms with Crippen molar-refractivity contribution >= 4 is 5.96 Å². The van der Waals surface area contributed by atoms with Crippen molar-refractivity contribution in [1.29, 1.82) is 0 Å². The number of nitrogens with one attached hydrogen (secondary N) is 2. The van der Waals surface area contributed by atoms with E-state index in [2.05, 4.69) is 36.4 Å². The van der Waals surface area contributed by atoms with Gasteiger partial charge >= 0.3 is 0 Å². The first-order valence-electron chi connectivity index (χ1n) is 6.75. The molecule has 1 aliphatic rings. The molecule has 2 atom stereocenters. The largest absolute Gasteiger partial charge is 0.469 e. The Balaban J connectivity index is 1.82. The maximum absolute atomic E-state index is 5.30. The Morgan fingerprint density at radius 3 is 2.89 bits per heavy atom. The third-order valence-corrected chi connectivity index (χ3v) is 3.07. The molecule has 1 fully saturated rings. The van der Waals surface area contributed by atoms with Crippen LogP contribution >= 0.6 is 0 Å². The van der Waals surface area contributed by atoms with Crippen molar-refractivity contribution in [2.45, 2.75) is 45.7 Å². The van der Waals surface area contributed by atoms with Crippen molar-refractivity contribution < 1.29 is 4.42 Å². The van der Waals surface area contributed by atoms with Gasteiger partial charge in [0, 0.05) is 25.0 Å². The molecule has 2 unspecified atom stereocenters. The predicted molar refractivity (Wildman–Crippen MR) is 73.7 cm³/mol. The molecule has 4 nitrogen and oxygen atoms in total. The Morgan fingerprint density at radius 1 is 1.56 bits per heavy atom. The van der Waals surface area contributed by atoms with Gasteiger partial charge in [-0.25, -0.2) is 0 Å². The van der Waals surface area contributed by atoms with E-state index < -0.39 is 0 Å². The van der Waals surface area contributed by atoms with Crippen LogP contribution in [0.3, 0.4) is 0 Å². The summed E-state index contributed by atoms with van der Waals surface area (Å²) in [5, 5.41) is 6.82. The number of rotatable bonds is 5. The minimum Gasteiger partial charge on any atom is -0.469 e. The fraction of sp³-hybridized carbons (Fsp3) is 0.643. The zero-order valence-electron chi connectivity index (χ0n) is 11.4. The van der Waals surface area contributed by atoms with Gasteiger partial charge in [-0.15, -0.1) is 0 Å². The van der Waals surface area contributed by atoms with Crippen molar-refractivity contribution in [2.24, 2.45) is 10.9 Å². The van der Waals surface area contributed by atoms with Gasteiger partial charge in [0.15, 0.2) is 5.96 Å². The molecular formula is C14H23N3O. The SMILES string of the molecule is CC(C)NC(=NCCc1ccco1)NC1CC1C. The molecule has 0 aromatic carbocycles. The fourth-order valence-electron chi connectivity index (χ4n) is 1.84. The Hall–Kier alpha value is -1.45. The van der Waals surface area contributed by atoms with Gasteiger partial charge in [-0.2, -0.15) is 0 Å². The molecule has 1 aromatic heterocycles. The van der Waals surface area contributed by atoms with E-state index in [1.54, 1.807) is 6.26 Å². The zero-order valence-corrected chi connectivity index (χ0v) is 11.4. The van der Waals surface area contributed by atoms with Crippen LogP contribution in [-0.2, 0) is 6.42 Å². The molecule has 0 amide bonds. The Morgan fingerprint density at radius 2 is 2.33 bits per heavy atom. The van der Waals surface area contributed by atoms with Crippen LogP contribution in [0.4, 0.5) is 0 Å². The van der Waals surface area contributed by atoms with E-state index in [0.29, 0.717) is 12.1 Å². The van der Waals surface area contributed by atoms with Gasteiger partial charge in [0.2, 0.25) is 0 Å². The Bertz CT molecular complexity index is 384. The van der Waals surface area contributed by atoms with Crippen LogP contribution in [-0.4, -0.2) is 24.6 Å². The van der Waals surface area contributed by atoms with E-state index in [1.165, 1.54) is 6.42 Å². The van der Waals surface area contributed by atoms with E-state index in [4.69, 9.17) is 4.42 Å². The number of aliphatic imine (C=N–C) groups is 1. The summed E-state index contributed by atoms with van der Waals surface area (Å²) in [4.78, 5) is 4.59. The highest BCUT2D eigenvalue weighted by atomic mass is 16.3. The summed E-state index contributed by atoms with van der Waals surface area (Å²) in [6, 6.07) is 4.89. The summed E-state index contributed by atoms with van der Waals surface area (Å²) < 4.78 is 5.30. The van der Waals surface area contributed by atoms with Crippen LogP contribution in [0.1, 0.15) is 33.0 Å². The highest BCUT2D eigenvalue weighted by Crippen LogP contribution is 2.28. The average molecular weight is 249 g/mol. The molecule has 1 saturated carbocycles. The number of guanidine groups is 1. The van der Waals surface area contributed by atoms with Gasteiger partial charge in [0.25, 0.3) is 0 Å². The molecule has 4 heteroatoms. The third kappa shape index (κ3) is 4.09. The lowest BCUT2D eigenvalue weighted by Gasteiger charge is -2.14. The molecule has 1 heterocycles. The Kier molecular flexibility index (Phi) is 4.28. The van der Waals surface area contributed by atoms with Gasteiger partial charge in [-0.1, -0.05) is 6.92 Å². The number of hydrogen-bond donors (Lipinski definition) is 2. The van der Waals surface area contributed by atoms with Crippen LogP contribution in [0.2, 0.25) is 0 Å². The highest BCUT2D eigenvalue weighted by Gasteiger charge is 2.33. The van der Waals surface area contributed by atoms with E-state index in [0.717, 1.165) is 30.6 Å². The molecule has 0 spiro atoms. The predicted octanol–water partition coefficient (Wildman–Crippen LogP) is 2.17. The molecule has 100 valence electrons. The van der Waals surface area contributed by atoms with E-state index in [-0.39, 0.29) is 0 Å². The maximum Gasteiger partial charge on any atom is 0.191 e. The summed E-state index contributed by atoms with van der Waals surface area (Å²) >= 11 is 0. The van der Waals surface area contributed by atoms with E-state index >= 15 is 0 Å². The minimum atomic E-state index is 0.397. The monoisotopic (exact) mass is 249 g/mol. The highest BCUT2D eigenvalue weighted by molar-refractivity contribution is 5.80. The lowest BCUT2D eigenvalue weighted by atomic mass is 10.3. The van der Waals surface area contributed by atoms with E-state index in [9.17, 15) is 0 Å². The van der Waals surface area contributed by atoms with Gasteiger partial charge in [0.05, 0.1) is 6.26 Å². The molecular weight excluding hydrogens is 226 g/mol. The topological polar surface area (TPSA) is 49.6 Å². The second kappa shape index (κ2) is 5.94. The average Bonchev–Trinajstić information content (AvgIpc) is 2.80. The molecule has 1 aliphatic carbocycles. The molecule has 2 rings (SSSR count). The fourth-order valence-corrected chi connectivity index (χ4v) is 1.84. The lowest BCUT2D eigenvalue weighted by Crippen LogP contribution is -2.42. The Labute approximate surface area is 109 Å². The number of furan rings is 1. The summed E-state index contributed by atoms with van der Waals surface area (Å²) in [6.45, 7) is 7.25. The smallest absolute Gasteiger partial charge is 0.191 e. The molecule has 18 heavy (non-hydrogen) atoms. The second-order valence-corrected chi connectivity index (χ2v) is 5.32. The van der Waals surface area contributed by atoms with Crippen molar-refractivity contribution in [1.82, 2.24) is 10.6 Å². The standard InChI is InChI=1S/C14H23N3O/c1-10(2)16-14(17-13-9-11(13)3)15-7-6-12-5-4-8-18-12/h4-5,8,10-11,13H,6-7,9H2,1-3H3,(H2,15,16,17). The van der Waals surface area contributed by atoms with Crippen LogP contribution in [0, 0.1) is 5.92 Å². The van der Waals surface area contributed by atoms with Crippen molar-refractivity contribution in [2.75, 3.05) is 6.54 Å². The first kappa shape index (κ1) is 13.0. The molecule has 1 aromatic rings. The van der Waals surface area contributed by atoms with Crippen molar-refractivity contribution in [3.05, 3.63) is 24.2 Å². The summed E-state index contributed by atoms with van der Waals surface area (Å²) in [7, 11) is 0. The summed E-state index contributed by atoms with van der Waals surface area (Å²) in [5.41, 5.74) is 0. The van der Waals surface area contributed by atoms with Crippen LogP contribution in [0.15, 0.2) is 27.8 Å². The van der Waals surface area contributed by atoms with Gasteiger partial charge in [0.1, 0.15) is 5.76 Å². The molecule has 0 bridgehead atoms. The van der Waals surface area contributed by atoms with Gasteiger partial charge in [-0.05, 0) is 38.3 Å². The molecule has 0 aliphatic heterocycles. The van der Waals surface area contributed by atoms with Crippen LogP contribution in [0.25, 0.3) is 0 Å². The first-order valence-corrected chi connectivity index (χ1v) is 6.75. The summed E-state index contributed by atoms with van der Waals surface area (Å²) in [6.07, 6.45) is 3.80. The number of nitrogens with zero attached hydrogens (tertiary/aromatic N) is 1. The molecule has 0 radical (unpaired) electrons. The lowest BCUT2D eigenvalue weighted by molar-refractivity contribution is 0.510. The molecule has 2 N–H and O–H groups in total. The van der Waals surface area contributed by atoms with Crippen LogP contribution in [0.5, 0.6) is 0 Å². The van der Waals surface area contributed by atoms with E-state index in [1.807, 2.05) is 12.1 Å². The minimum absolute atomic E-state index is 0.397. The second-order valence-electron chi connectivity index (χ2n) is 5.32. The molecule has 0 saturated heterocycles. The van der Waals surface area contributed by atoms with Crippen molar-refractivity contribution in [3.8, 4) is 0 Å². The van der Waals surface area contributed by atoms with Gasteiger partial charge in [-0.3, -0.25) is 4.99 Å². The van der Waals surface area contributed by atoms with Crippen LogP contribution < -0.4 is 10.6 Å².